The van der Waals surface area contributed by atoms with Crippen molar-refractivity contribution in [2.24, 2.45) is 0 Å². The number of aliphatic hydroxyl groups excluding tert-OH is 2. The van der Waals surface area contributed by atoms with Crippen molar-refractivity contribution in [1.82, 2.24) is 5.32 Å². The molecule has 8 heteroatoms. The predicted octanol–water partition coefficient (Wildman–Crippen LogP) is 2.75. The van der Waals surface area contributed by atoms with Gasteiger partial charge in [-0.25, -0.2) is 9.59 Å². The van der Waals surface area contributed by atoms with E-state index in [0.29, 0.717) is 0 Å². The van der Waals surface area contributed by atoms with Crippen LogP contribution in [0.3, 0.4) is 0 Å². The van der Waals surface area contributed by atoms with Crippen molar-refractivity contribution in [1.29, 1.82) is 0 Å². The molecule has 0 aliphatic rings. The Hall–Kier alpha value is -2.61. The van der Waals surface area contributed by atoms with E-state index in [4.69, 9.17) is 21.4 Å². The topological polar surface area (TPSA) is 116 Å². The van der Waals surface area contributed by atoms with E-state index in [2.05, 4.69) is 5.32 Å². The first-order valence-corrected chi connectivity index (χ1v) is 8.59. The van der Waals surface area contributed by atoms with Gasteiger partial charge in [0, 0.05) is 6.54 Å². The van der Waals surface area contributed by atoms with Crippen molar-refractivity contribution in [3.05, 3.63) is 70.2 Å². The van der Waals surface area contributed by atoms with Crippen LogP contribution in [0.15, 0.2) is 48.5 Å². The van der Waals surface area contributed by atoms with E-state index >= 15 is 0 Å². The molecule has 1 amide bonds. The SMILES string of the molecule is O=C(NCCC(O)C(O)c1ccc(C(=O)O)c(Cl)c1)OCc1ccccc1. The fourth-order valence-corrected chi connectivity index (χ4v) is 2.63. The second-order valence-corrected chi connectivity index (χ2v) is 6.24. The van der Waals surface area contributed by atoms with E-state index in [-0.39, 0.29) is 35.7 Å². The molecule has 0 heterocycles. The van der Waals surface area contributed by atoms with Crippen LogP contribution in [-0.2, 0) is 11.3 Å². The van der Waals surface area contributed by atoms with Gasteiger partial charge in [0.15, 0.2) is 0 Å². The first kappa shape index (κ1) is 20.7. The Morgan fingerprint density at radius 2 is 1.81 bits per heavy atom. The maximum Gasteiger partial charge on any atom is 0.407 e. The average Bonchev–Trinajstić information content (AvgIpc) is 2.66. The van der Waals surface area contributed by atoms with Crippen LogP contribution in [0.5, 0.6) is 0 Å². The van der Waals surface area contributed by atoms with Gasteiger partial charge in [0.1, 0.15) is 12.7 Å². The molecule has 2 atom stereocenters. The lowest BCUT2D eigenvalue weighted by atomic mass is 10.0. The zero-order chi connectivity index (χ0) is 19.8. The summed E-state index contributed by atoms with van der Waals surface area (Å²) < 4.78 is 5.04. The molecule has 27 heavy (non-hydrogen) atoms. The summed E-state index contributed by atoms with van der Waals surface area (Å²) in [5.41, 5.74) is 1.04. The van der Waals surface area contributed by atoms with Crippen LogP contribution in [0, 0.1) is 0 Å². The molecular formula is C19H20ClNO6. The maximum atomic E-state index is 11.6. The van der Waals surface area contributed by atoms with Crippen LogP contribution in [0.1, 0.15) is 34.0 Å². The van der Waals surface area contributed by atoms with E-state index in [1.165, 1.54) is 18.2 Å². The van der Waals surface area contributed by atoms with Crippen LogP contribution in [0.2, 0.25) is 5.02 Å². The zero-order valence-electron chi connectivity index (χ0n) is 14.3. The van der Waals surface area contributed by atoms with Crippen LogP contribution < -0.4 is 5.32 Å². The normalized spacial score (nSPS) is 12.9. The molecule has 4 N–H and O–H groups in total. The number of carbonyl (C=O) groups excluding carboxylic acids is 1. The summed E-state index contributed by atoms with van der Waals surface area (Å²) >= 11 is 5.86. The van der Waals surface area contributed by atoms with Crippen molar-refractivity contribution < 1.29 is 29.6 Å². The molecular weight excluding hydrogens is 374 g/mol. The third-order valence-corrected chi connectivity index (χ3v) is 4.16. The third-order valence-electron chi connectivity index (χ3n) is 3.85. The van der Waals surface area contributed by atoms with Crippen LogP contribution >= 0.6 is 11.6 Å². The minimum absolute atomic E-state index is 0.0335. The fraction of sp³-hybridized carbons (Fsp3) is 0.263. The second-order valence-electron chi connectivity index (χ2n) is 5.83. The molecule has 2 aromatic carbocycles. The lowest BCUT2D eigenvalue weighted by Gasteiger charge is -2.19. The number of halogens is 1. The highest BCUT2D eigenvalue weighted by atomic mass is 35.5. The number of carbonyl (C=O) groups is 2. The number of rotatable bonds is 8. The standard InChI is InChI=1S/C19H20ClNO6/c20-15-10-13(6-7-14(15)18(24)25)17(23)16(22)8-9-21-19(26)27-11-12-4-2-1-3-5-12/h1-7,10,16-17,22-23H,8-9,11H2,(H,21,26)(H,24,25). The largest absolute Gasteiger partial charge is 0.478 e. The summed E-state index contributed by atoms with van der Waals surface area (Å²) in [5, 5.41) is 31.6. The Balaban J connectivity index is 1.77. The molecule has 7 nitrogen and oxygen atoms in total. The van der Waals surface area contributed by atoms with Gasteiger partial charge in [0.2, 0.25) is 0 Å². The highest BCUT2D eigenvalue weighted by Crippen LogP contribution is 2.25. The van der Waals surface area contributed by atoms with Crippen molar-refractivity contribution >= 4 is 23.7 Å². The Kier molecular flexibility index (Phi) is 7.60. The molecule has 0 aliphatic heterocycles. The highest BCUT2D eigenvalue weighted by molar-refractivity contribution is 6.33. The number of carboxylic acids is 1. The number of ether oxygens (including phenoxy) is 1. The molecule has 0 saturated heterocycles. The van der Waals surface area contributed by atoms with Crippen molar-refractivity contribution in [2.75, 3.05) is 6.54 Å². The molecule has 0 aliphatic carbocycles. The lowest BCUT2D eigenvalue weighted by Crippen LogP contribution is -2.29. The molecule has 2 aromatic rings. The summed E-state index contributed by atoms with van der Waals surface area (Å²) in [7, 11) is 0. The molecule has 2 rings (SSSR count). The summed E-state index contributed by atoms with van der Waals surface area (Å²) in [4.78, 5) is 22.6. The average molecular weight is 394 g/mol. The smallest absolute Gasteiger partial charge is 0.407 e. The molecule has 0 saturated carbocycles. The number of hydrogen-bond acceptors (Lipinski definition) is 5. The van der Waals surface area contributed by atoms with Crippen LogP contribution in [-0.4, -0.2) is 40.0 Å². The first-order valence-electron chi connectivity index (χ1n) is 8.22. The van der Waals surface area contributed by atoms with Gasteiger partial charge in [-0.05, 0) is 29.7 Å². The number of alkyl carbamates (subject to hydrolysis) is 1. The summed E-state index contributed by atoms with van der Waals surface area (Å²) in [6.45, 7) is 0.221. The molecule has 144 valence electrons. The van der Waals surface area contributed by atoms with Gasteiger partial charge in [-0.1, -0.05) is 48.0 Å². The van der Waals surface area contributed by atoms with E-state index in [0.717, 1.165) is 5.56 Å². The quantitative estimate of drug-likeness (QED) is 0.548. The highest BCUT2D eigenvalue weighted by Gasteiger charge is 2.20. The first-order chi connectivity index (χ1) is 12.9. The molecule has 0 fully saturated rings. The van der Waals surface area contributed by atoms with Gasteiger partial charge in [-0.2, -0.15) is 0 Å². The molecule has 0 bridgehead atoms. The number of hydrogen-bond donors (Lipinski definition) is 4. The fourth-order valence-electron chi connectivity index (χ4n) is 2.37. The monoisotopic (exact) mass is 393 g/mol. The number of amides is 1. The number of aliphatic hydroxyl groups is 2. The molecule has 2 unspecified atom stereocenters. The van der Waals surface area contributed by atoms with E-state index in [1.807, 2.05) is 30.3 Å². The van der Waals surface area contributed by atoms with Gasteiger partial charge in [-0.3, -0.25) is 0 Å². The van der Waals surface area contributed by atoms with Crippen molar-refractivity contribution in [3.8, 4) is 0 Å². The minimum Gasteiger partial charge on any atom is -0.478 e. The zero-order valence-corrected chi connectivity index (χ0v) is 15.1. The lowest BCUT2D eigenvalue weighted by molar-refractivity contribution is 0.0136. The van der Waals surface area contributed by atoms with Gasteiger partial charge in [0.05, 0.1) is 16.7 Å². The Morgan fingerprint density at radius 3 is 2.44 bits per heavy atom. The Bertz CT molecular complexity index is 783. The summed E-state index contributed by atoms with van der Waals surface area (Å²) in [6.07, 6.45) is -3.01. The summed E-state index contributed by atoms with van der Waals surface area (Å²) in [6, 6.07) is 13.1. The number of benzene rings is 2. The van der Waals surface area contributed by atoms with E-state index in [9.17, 15) is 19.8 Å². The van der Waals surface area contributed by atoms with Crippen molar-refractivity contribution in [2.45, 2.75) is 25.2 Å². The Labute approximate surface area is 161 Å². The second kappa shape index (κ2) is 9.91. The minimum atomic E-state index is -1.27. The third kappa shape index (κ3) is 6.25. The van der Waals surface area contributed by atoms with Crippen LogP contribution in [0.4, 0.5) is 4.79 Å². The van der Waals surface area contributed by atoms with Gasteiger partial charge >= 0.3 is 12.1 Å². The van der Waals surface area contributed by atoms with Gasteiger partial charge in [-0.15, -0.1) is 0 Å². The van der Waals surface area contributed by atoms with Gasteiger partial charge in [0.25, 0.3) is 0 Å². The number of carboxylic acid groups (broad SMARTS) is 1. The molecule has 0 aromatic heterocycles. The maximum absolute atomic E-state index is 11.6. The molecule has 0 spiro atoms. The van der Waals surface area contributed by atoms with Crippen molar-refractivity contribution in [3.63, 3.8) is 0 Å². The van der Waals surface area contributed by atoms with Gasteiger partial charge < -0.3 is 25.4 Å². The number of aromatic carboxylic acids is 1. The van der Waals surface area contributed by atoms with E-state index < -0.39 is 24.3 Å². The predicted molar refractivity (Wildman–Crippen MR) is 98.6 cm³/mol. The van der Waals surface area contributed by atoms with E-state index in [1.54, 1.807) is 0 Å². The number of nitrogens with one attached hydrogen (secondary N) is 1. The summed E-state index contributed by atoms with van der Waals surface area (Å²) in [5.74, 6) is -1.18. The van der Waals surface area contributed by atoms with Crippen LogP contribution in [0.25, 0.3) is 0 Å². The molecule has 0 radical (unpaired) electrons. The Morgan fingerprint density at radius 1 is 1.11 bits per heavy atom.